The van der Waals surface area contributed by atoms with Crippen LogP contribution >= 0.6 is 11.3 Å². The summed E-state index contributed by atoms with van der Waals surface area (Å²) in [4.78, 5) is 13.9. The van der Waals surface area contributed by atoms with E-state index < -0.39 is 0 Å². The minimum absolute atomic E-state index is 0.0542. The van der Waals surface area contributed by atoms with Gasteiger partial charge >= 0.3 is 0 Å². The monoisotopic (exact) mass is 246 g/mol. The van der Waals surface area contributed by atoms with Gasteiger partial charge in [-0.2, -0.15) is 5.10 Å². The van der Waals surface area contributed by atoms with E-state index in [0.29, 0.717) is 0 Å². The van der Waals surface area contributed by atoms with Gasteiger partial charge in [-0.25, -0.2) is 0 Å². The van der Waals surface area contributed by atoms with Crippen molar-refractivity contribution in [2.75, 3.05) is 0 Å². The molecule has 3 nitrogen and oxygen atoms in total. The number of ketones is 1. The van der Waals surface area contributed by atoms with Crippen molar-refractivity contribution in [1.82, 2.24) is 9.78 Å². The third-order valence-electron chi connectivity index (χ3n) is 2.40. The van der Waals surface area contributed by atoms with Crippen molar-refractivity contribution in [2.45, 2.75) is 13.3 Å². The molecule has 2 heterocycles. The molecule has 2 rings (SSSR count). The molecule has 0 aliphatic rings. The normalized spacial score (nSPS) is 11.2. The van der Waals surface area contributed by atoms with Crippen LogP contribution in [0.25, 0.3) is 6.08 Å². The molecule has 0 fully saturated rings. The summed E-state index contributed by atoms with van der Waals surface area (Å²) >= 11 is 1.56. The summed E-state index contributed by atoms with van der Waals surface area (Å²) in [5.41, 5.74) is 0.938. The highest BCUT2D eigenvalue weighted by Crippen LogP contribution is 2.18. The second-order valence-corrected chi connectivity index (χ2v) is 4.93. The third kappa shape index (κ3) is 2.91. The van der Waals surface area contributed by atoms with Crippen LogP contribution in [0.1, 0.15) is 27.0 Å². The highest BCUT2D eigenvalue weighted by molar-refractivity contribution is 7.14. The van der Waals surface area contributed by atoms with Crippen molar-refractivity contribution >= 4 is 23.2 Å². The van der Waals surface area contributed by atoms with Crippen LogP contribution in [0.5, 0.6) is 0 Å². The summed E-state index contributed by atoms with van der Waals surface area (Å²) < 4.78 is 1.71. The van der Waals surface area contributed by atoms with Gasteiger partial charge in [-0.15, -0.1) is 11.3 Å². The SMILES string of the molecule is CCc1ccc(C(=O)/C=C/c2cnn(C)c2)s1. The van der Waals surface area contributed by atoms with E-state index in [2.05, 4.69) is 12.0 Å². The maximum atomic E-state index is 11.9. The molecule has 0 amide bonds. The Balaban J connectivity index is 2.08. The molecule has 4 heteroatoms. The summed E-state index contributed by atoms with van der Waals surface area (Å²) in [5.74, 6) is 0.0542. The highest BCUT2D eigenvalue weighted by Gasteiger charge is 2.05. The Kier molecular flexibility index (Phi) is 3.54. The quantitative estimate of drug-likeness (QED) is 0.614. The molecule has 0 spiro atoms. The summed E-state index contributed by atoms with van der Waals surface area (Å²) in [6, 6.07) is 3.90. The van der Waals surface area contributed by atoms with E-state index in [1.165, 1.54) is 4.88 Å². The van der Waals surface area contributed by atoms with Gasteiger partial charge in [0.1, 0.15) is 0 Å². The molecule has 0 aliphatic heterocycles. The second-order valence-electron chi connectivity index (χ2n) is 3.76. The van der Waals surface area contributed by atoms with Crippen molar-refractivity contribution < 1.29 is 4.79 Å². The van der Waals surface area contributed by atoms with E-state index >= 15 is 0 Å². The molecule has 0 radical (unpaired) electrons. The second kappa shape index (κ2) is 5.10. The number of allylic oxidation sites excluding steroid dienone is 1. The van der Waals surface area contributed by atoms with E-state index in [1.54, 1.807) is 34.4 Å². The lowest BCUT2D eigenvalue weighted by molar-refractivity contribution is 0.105. The molecule has 2 aromatic heterocycles. The number of thiophene rings is 1. The number of rotatable bonds is 4. The van der Waals surface area contributed by atoms with E-state index in [-0.39, 0.29) is 5.78 Å². The van der Waals surface area contributed by atoms with E-state index in [0.717, 1.165) is 16.9 Å². The number of hydrogen-bond acceptors (Lipinski definition) is 3. The Morgan fingerprint density at radius 1 is 1.53 bits per heavy atom. The fourth-order valence-corrected chi connectivity index (χ4v) is 2.35. The zero-order chi connectivity index (χ0) is 12.3. The zero-order valence-electron chi connectivity index (χ0n) is 9.88. The van der Waals surface area contributed by atoms with Crippen LogP contribution in [0.4, 0.5) is 0 Å². The topological polar surface area (TPSA) is 34.9 Å². The Bertz CT molecular complexity index is 551. The maximum Gasteiger partial charge on any atom is 0.195 e. The fraction of sp³-hybridized carbons (Fsp3) is 0.231. The fourth-order valence-electron chi connectivity index (χ4n) is 1.48. The first-order valence-electron chi connectivity index (χ1n) is 5.49. The van der Waals surface area contributed by atoms with Gasteiger partial charge in [-0.05, 0) is 30.7 Å². The van der Waals surface area contributed by atoms with Crippen molar-refractivity contribution in [1.29, 1.82) is 0 Å². The van der Waals surface area contributed by atoms with Crippen LogP contribution in [-0.2, 0) is 13.5 Å². The van der Waals surface area contributed by atoms with Crippen molar-refractivity contribution in [3.05, 3.63) is 45.9 Å². The maximum absolute atomic E-state index is 11.9. The minimum Gasteiger partial charge on any atom is -0.288 e. The molecule has 0 saturated carbocycles. The van der Waals surface area contributed by atoms with E-state index in [9.17, 15) is 4.79 Å². The van der Waals surface area contributed by atoms with Crippen LogP contribution in [0.2, 0.25) is 0 Å². The largest absolute Gasteiger partial charge is 0.288 e. The van der Waals surface area contributed by atoms with Crippen LogP contribution in [0.3, 0.4) is 0 Å². The average Bonchev–Trinajstić information content (AvgIpc) is 2.94. The predicted molar refractivity (Wildman–Crippen MR) is 70.3 cm³/mol. The smallest absolute Gasteiger partial charge is 0.195 e. The summed E-state index contributed by atoms with van der Waals surface area (Å²) in [5, 5.41) is 4.04. The number of aromatic nitrogens is 2. The van der Waals surface area contributed by atoms with Crippen molar-refractivity contribution in [3.8, 4) is 0 Å². The summed E-state index contributed by atoms with van der Waals surface area (Å²) in [6.07, 6.45) is 7.97. The van der Waals surface area contributed by atoms with Gasteiger partial charge in [0.2, 0.25) is 0 Å². The predicted octanol–water partition coefficient (Wildman–Crippen LogP) is 2.94. The molecule has 0 N–H and O–H groups in total. The highest BCUT2D eigenvalue weighted by atomic mass is 32.1. The van der Waals surface area contributed by atoms with Gasteiger partial charge in [0, 0.05) is 23.7 Å². The molecular weight excluding hydrogens is 232 g/mol. The third-order valence-corrected chi connectivity index (χ3v) is 3.65. The lowest BCUT2D eigenvalue weighted by Gasteiger charge is -1.88. The van der Waals surface area contributed by atoms with Crippen LogP contribution < -0.4 is 0 Å². The molecule has 0 saturated heterocycles. The standard InChI is InChI=1S/C13H14N2OS/c1-3-11-5-7-13(17-11)12(16)6-4-10-8-14-15(2)9-10/h4-9H,3H2,1-2H3/b6-4+. The first kappa shape index (κ1) is 11.8. The number of carbonyl (C=O) groups is 1. The first-order valence-corrected chi connectivity index (χ1v) is 6.30. The van der Waals surface area contributed by atoms with Gasteiger partial charge in [-0.1, -0.05) is 6.92 Å². The number of carbonyl (C=O) groups excluding carboxylic acids is 1. The molecule has 88 valence electrons. The van der Waals surface area contributed by atoms with Crippen LogP contribution in [0.15, 0.2) is 30.6 Å². The molecule has 0 unspecified atom stereocenters. The number of hydrogen-bond donors (Lipinski definition) is 0. The van der Waals surface area contributed by atoms with E-state index in [1.807, 2.05) is 25.4 Å². The zero-order valence-corrected chi connectivity index (χ0v) is 10.7. The van der Waals surface area contributed by atoms with Gasteiger partial charge in [0.05, 0.1) is 11.1 Å². The Labute approximate surface area is 104 Å². The molecule has 0 atom stereocenters. The van der Waals surface area contributed by atoms with Crippen LogP contribution in [-0.4, -0.2) is 15.6 Å². The molecule has 0 aliphatic carbocycles. The summed E-state index contributed by atoms with van der Waals surface area (Å²) in [6.45, 7) is 2.09. The molecule has 17 heavy (non-hydrogen) atoms. The Morgan fingerprint density at radius 2 is 2.35 bits per heavy atom. The Morgan fingerprint density at radius 3 is 2.94 bits per heavy atom. The molecule has 0 aromatic carbocycles. The Hall–Kier alpha value is -1.68. The lowest BCUT2D eigenvalue weighted by atomic mass is 10.2. The molecule has 0 bridgehead atoms. The molecule has 2 aromatic rings. The summed E-state index contributed by atoms with van der Waals surface area (Å²) in [7, 11) is 1.85. The van der Waals surface area contributed by atoms with Gasteiger partial charge in [0.15, 0.2) is 5.78 Å². The van der Waals surface area contributed by atoms with Gasteiger partial charge in [0.25, 0.3) is 0 Å². The molecular formula is C13H14N2OS. The number of nitrogens with zero attached hydrogens (tertiary/aromatic N) is 2. The van der Waals surface area contributed by atoms with Crippen molar-refractivity contribution in [2.24, 2.45) is 7.05 Å². The van der Waals surface area contributed by atoms with Crippen molar-refractivity contribution in [3.63, 3.8) is 0 Å². The minimum atomic E-state index is 0.0542. The van der Waals surface area contributed by atoms with Gasteiger partial charge < -0.3 is 0 Å². The van der Waals surface area contributed by atoms with Crippen LogP contribution in [0, 0.1) is 0 Å². The van der Waals surface area contributed by atoms with Gasteiger partial charge in [-0.3, -0.25) is 9.48 Å². The average molecular weight is 246 g/mol. The van der Waals surface area contributed by atoms with E-state index in [4.69, 9.17) is 0 Å². The number of aryl methyl sites for hydroxylation is 2. The first-order chi connectivity index (χ1) is 8.19. The lowest BCUT2D eigenvalue weighted by Crippen LogP contribution is -1.88.